The van der Waals surface area contributed by atoms with Gasteiger partial charge in [-0.1, -0.05) is 0 Å². The van der Waals surface area contributed by atoms with Crippen LogP contribution in [0.1, 0.15) is 13.8 Å². The van der Waals surface area contributed by atoms with Crippen LogP contribution in [0.3, 0.4) is 0 Å². The van der Waals surface area contributed by atoms with Crippen LogP contribution in [0.2, 0.25) is 0 Å². The quantitative estimate of drug-likeness (QED) is 0.517. The SMILES string of the molecule is CC1=NCC([N+](=O)[O-])N1C(C)OC(N)=O. The second kappa shape index (κ2) is 4.11. The number of hydrogen-bond donors (Lipinski definition) is 1. The smallest absolute Gasteiger partial charge is 0.406 e. The molecule has 8 heteroatoms. The van der Waals surface area contributed by atoms with Crippen molar-refractivity contribution in [2.75, 3.05) is 6.54 Å². The predicted molar refractivity (Wildman–Crippen MR) is 50.7 cm³/mol. The Morgan fingerprint density at radius 1 is 1.87 bits per heavy atom. The van der Waals surface area contributed by atoms with Crippen LogP contribution in [0.4, 0.5) is 4.79 Å². The Bertz CT molecular complexity index is 316. The van der Waals surface area contributed by atoms with E-state index in [4.69, 9.17) is 5.73 Å². The van der Waals surface area contributed by atoms with Gasteiger partial charge in [0.2, 0.25) is 0 Å². The number of amides is 1. The van der Waals surface area contributed by atoms with Crippen LogP contribution < -0.4 is 5.73 Å². The third-order valence-electron chi connectivity index (χ3n) is 2.10. The number of nitrogens with zero attached hydrogens (tertiary/aromatic N) is 3. The topological polar surface area (TPSA) is 111 Å². The first kappa shape index (κ1) is 11.2. The lowest BCUT2D eigenvalue weighted by Crippen LogP contribution is -2.48. The van der Waals surface area contributed by atoms with E-state index in [1.165, 1.54) is 11.8 Å². The maximum Gasteiger partial charge on any atom is 0.406 e. The van der Waals surface area contributed by atoms with Crippen LogP contribution in [-0.2, 0) is 4.74 Å². The van der Waals surface area contributed by atoms with Crippen molar-refractivity contribution in [2.45, 2.75) is 26.2 Å². The number of ether oxygens (including phenoxy) is 1. The first-order chi connectivity index (χ1) is 6.93. The van der Waals surface area contributed by atoms with E-state index in [0.717, 1.165) is 0 Å². The molecule has 0 aromatic carbocycles. The third kappa shape index (κ3) is 2.33. The van der Waals surface area contributed by atoms with E-state index in [9.17, 15) is 14.9 Å². The normalized spacial score (nSPS) is 22.1. The van der Waals surface area contributed by atoms with Crippen LogP contribution in [0.25, 0.3) is 0 Å². The summed E-state index contributed by atoms with van der Waals surface area (Å²) in [4.78, 5) is 25.9. The number of hydrogen-bond acceptors (Lipinski definition) is 6. The van der Waals surface area contributed by atoms with E-state index in [2.05, 4.69) is 9.73 Å². The fraction of sp³-hybridized carbons (Fsp3) is 0.714. The van der Waals surface area contributed by atoms with E-state index in [0.29, 0.717) is 5.84 Å². The van der Waals surface area contributed by atoms with Crippen LogP contribution in [-0.4, -0.2) is 40.7 Å². The minimum absolute atomic E-state index is 0.0608. The zero-order valence-electron chi connectivity index (χ0n) is 8.41. The highest BCUT2D eigenvalue weighted by atomic mass is 16.6. The zero-order valence-corrected chi connectivity index (χ0v) is 8.41. The molecule has 0 aliphatic carbocycles. The molecule has 15 heavy (non-hydrogen) atoms. The van der Waals surface area contributed by atoms with Gasteiger partial charge in [-0.3, -0.25) is 20.0 Å². The van der Waals surface area contributed by atoms with Gasteiger partial charge in [-0.15, -0.1) is 0 Å². The van der Waals surface area contributed by atoms with Gasteiger partial charge in [-0.05, 0) is 13.8 Å². The molecule has 1 aliphatic rings. The van der Waals surface area contributed by atoms with Crippen molar-refractivity contribution in [3.8, 4) is 0 Å². The van der Waals surface area contributed by atoms with E-state index in [-0.39, 0.29) is 6.54 Å². The number of amidine groups is 1. The van der Waals surface area contributed by atoms with Gasteiger partial charge in [0.1, 0.15) is 12.4 Å². The summed E-state index contributed by atoms with van der Waals surface area (Å²) in [5.74, 6) is 0.463. The summed E-state index contributed by atoms with van der Waals surface area (Å²) in [6, 6.07) is 0. The Labute approximate surface area is 85.8 Å². The summed E-state index contributed by atoms with van der Waals surface area (Å²) in [6.45, 7) is 3.18. The maximum absolute atomic E-state index is 10.7. The van der Waals surface area contributed by atoms with Crippen LogP contribution in [0.5, 0.6) is 0 Å². The molecule has 84 valence electrons. The highest BCUT2D eigenvalue weighted by Gasteiger charge is 2.38. The van der Waals surface area contributed by atoms with Crippen molar-refractivity contribution in [1.29, 1.82) is 0 Å². The Kier molecular flexibility index (Phi) is 3.08. The summed E-state index contributed by atoms with van der Waals surface area (Å²) in [5, 5.41) is 10.7. The molecule has 0 saturated carbocycles. The van der Waals surface area contributed by atoms with Crippen LogP contribution >= 0.6 is 0 Å². The fourth-order valence-corrected chi connectivity index (χ4v) is 1.50. The van der Waals surface area contributed by atoms with Gasteiger partial charge in [-0.2, -0.15) is 0 Å². The largest absolute Gasteiger partial charge is 0.426 e. The lowest BCUT2D eigenvalue weighted by atomic mass is 10.4. The van der Waals surface area contributed by atoms with Gasteiger partial charge in [0.15, 0.2) is 6.23 Å². The fourth-order valence-electron chi connectivity index (χ4n) is 1.50. The molecule has 0 bridgehead atoms. The lowest BCUT2D eigenvalue weighted by Gasteiger charge is -2.26. The van der Waals surface area contributed by atoms with Gasteiger partial charge in [0.25, 0.3) is 0 Å². The van der Waals surface area contributed by atoms with E-state index < -0.39 is 23.4 Å². The van der Waals surface area contributed by atoms with Crippen molar-refractivity contribution in [3.63, 3.8) is 0 Å². The first-order valence-corrected chi connectivity index (χ1v) is 4.32. The molecule has 0 spiro atoms. The molecule has 2 atom stereocenters. The molecule has 2 unspecified atom stereocenters. The molecule has 0 saturated heterocycles. The Balaban J connectivity index is 2.75. The standard InChI is InChI=1S/C7H12N4O4/c1-4-9-3-6(11(13)14)10(4)5(2)15-7(8)12/h5-6H,3H2,1-2H3,(H2,8,12). The number of nitro groups is 1. The summed E-state index contributed by atoms with van der Waals surface area (Å²) in [5.41, 5.74) is 4.83. The number of carbonyl (C=O) groups is 1. The molecule has 8 nitrogen and oxygen atoms in total. The van der Waals surface area contributed by atoms with Crippen LogP contribution in [0.15, 0.2) is 4.99 Å². The Morgan fingerprint density at radius 3 is 2.93 bits per heavy atom. The monoisotopic (exact) mass is 216 g/mol. The molecule has 0 aromatic rings. The second-order valence-corrected chi connectivity index (χ2v) is 3.10. The zero-order chi connectivity index (χ0) is 11.6. The molecule has 1 amide bonds. The van der Waals surface area contributed by atoms with Gasteiger partial charge in [-0.25, -0.2) is 4.79 Å². The number of rotatable bonds is 3. The van der Waals surface area contributed by atoms with Crippen molar-refractivity contribution in [1.82, 2.24) is 4.90 Å². The molecule has 2 N–H and O–H groups in total. The van der Waals surface area contributed by atoms with Crippen molar-refractivity contribution in [2.24, 2.45) is 10.7 Å². The van der Waals surface area contributed by atoms with Gasteiger partial charge in [0, 0.05) is 4.92 Å². The minimum atomic E-state index is -0.987. The average molecular weight is 216 g/mol. The predicted octanol–water partition coefficient (Wildman–Crippen LogP) is -0.235. The number of primary amides is 1. The van der Waals surface area contributed by atoms with Gasteiger partial charge >= 0.3 is 12.3 Å². The van der Waals surface area contributed by atoms with E-state index in [1.54, 1.807) is 6.92 Å². The van der Waals surface area contributed by atoms with Crippen LogP contribution in [0, 0.1) is 10.1 Å². The molecule has 1 heterocycles. The summed E-state index contributed by atoms with van der Waals surface area (Å²) in [7, 11) is 0. The Hall–Kier alpha value is -1.86. The van der Waals surface area contributed by atoms with E-state index in [1.807, 2.05) is 0 Å². The van der Waals surface area contributed by atoms with Crippen molar-refractivity contribution >= 4 is 11.9 Å². The molecular weight excluding hydrogens is 204 g/mol. The molecule has 0 aromatic heterocycles. The maximum atomic E-state index is 10.7. The average Bonchev–Trinajstić information content (AvgIpc) is 2.45. The Morgan fingerprint density at radius 2 is 2.47 bits per heavy atom. The third-order valence-corrected chi connectivity index (χ3v) is 2.10. The number of nitrogens with two attached hydrogens (primary N) is 1. The van der Waals surface area contributed by atoms with Gasteiger partial charge in [0.05, 0.1) is 0 Å². The molecular formula is C7H12N4O4. The lowest BCUT2D eigenvalue weighted by molar-refractivity contribution is -0.543. The number of carbonyl (C=O) groups excluding carboxylic acids is 1. The molecule has 0 fully saturated rings. The van der Waals surface area contributed by atoms with E-state index >= 15 is 0 Å². The second-order valence-electron chi connectivity index (χ2n) is 3.10. The highest BCUT2D eigenvalue weighted by molar-refractivity contribution is 5.81. The first-order valence-electron chi connectivity index (χ1n) is 4.32. The molecule has 1 aliphatic heterocycles. The minimum Gasteiger partial charge on any atom is -0.426 e. The van der Waals surface area contributed by atoms with Gasteiger partial charge < -0.3 is 10.5 Å². The summed E-state index contributed by atoms with van der Waals surface area (Å²) >= 11 is 0. The van der Waals surface area contributed by atoms with Crippen molar-refractivity contribution < 1.29 is 14.5 Å². The summed E-state index contributed by atoms with van der Waals surface area (Å²) in [6.07, 6.45) is -2.74. The molecule has 0 radical (unpaired) electrons. The highest BCUT2D eigenvalue weighted by Crippen LogP contribution is 2.15. The van der Waals surface area contributed by atoms with Crippen molar-refractivity contribution in [3.05, 3.63) is 10.1 Å². The molecule has 1 rings (SSSR count). The summed E-state index contributed by atoms with van der Waals surface area (Å²) < 4.78 is 4.66. The number of aliphatic imine (C=N–C) groups is 1.